The number of nitrogens with one attached hydrogen (secondary N) is 1. The first kappa shape index (κ1) is 15.3. The van der Waals surface area contributed by atoms with Crippen molar-refractivity contribution in [3.63, 3.8) is 0 Å². The van der Waals surface area contributed by atoms with Gasteiger partial charge < -0.3 is 14.6 Å². The number of phenols is 2. The third-order valence-electron chi connectivity index (χ3n) is 3.27. The Bertz CT molecular complexity index is 1010. The van der Waals surface area contributed by atoms with E-state index in [-0.39, 0.29) is 17.1 Å². The fourth-order valence-corrected chi connectivity index (χ4v) is 2.07. The van der Waals surface area contributed by atoms with Gasteiger partial charge in [0.25, 0.3) is 5.91 Å². The molecule has 0 spiro atoms. The molecule has 3 aromatic rings. The standard InChI is InChI=1S/C17H12N2O5/c20-13-6-5-10(7-14(13)21)9-18-19-16(22)12-8-11-3-1-2-4-15(11)24-17(12)23/h1-9,20-21H,(H,19,22)/b18-9+. The number of hydrazone groups is 1. The lowest BCUT2D eigenvalue weighted by Crippen LogP contribution is -2.24. The van der Waals surface area contributed by atoms with Crippen molar-refractivity contribution in [3.05, 3.63) is 70.1 Å². The molecule has 0 unspecified atom stereocenters. The maximum absolute atomic E-state index is 12.0. The number of hydrogen-bond donors (Lipinski definition) is 3. The summed E-state index contributed by atoms with van der Waals surface area (Å²) in [5.41, 5.74) is 2.13. The first-order valence-corrected chi connectivity index (χ1v) is 6.93. The molecule has 0 fully saturated rings. The number of fused-ring (bicyclic) bond motifs is 1. The van der Waals surface area contributed by atoms with Crippen molar-refractivity contribution >= 4 is 23.1 Å². The average molecular weight is 324 g/mol. The van der Waals surface area contributed by atoms with Gasteiger partial charge in [0.1, 0.15) is 11.1 Å². The lowest BCUT2D eigenvalue weighted by Gasteiger charge is -2.01. The van der Waals surface area contributed by atoms with E-state index in [1.807, 2.05) is 0 Å². The van der Waals surface area contributed by atoms with Crippen LogP contribution in [0.4, 0.5) is 0 Å². The van der Waals surface area contributed by atoms with Crippen molar-refractivity contribution in [1.29, 1.82) is 0 Å². The van der Waals surface area contributed by atoms with E-state index in [0.717, 1.165) is 0 Å². The molecule has 1 aromatic heterocycles. The molecule has 2 aromatic carbocycles. The lowest BCUT2D eigenvalue weighted by molar-refractivity contribution is 0.0951. The Hall–Kier alpha value is -3.61. The van der Waals surface area contributed by atoms with Gasteiger partial charge in [0.15, 0.2) is 11.5 Å². The quantitative estimate of drug-likeness (QED) is 0.295. The minimum Gasteiger partial charge on any atom is -0.504 e. The molecule has 24 heavy (non-hydrogen) atoms. The Kier molecular flexibility index (Phi) is 3.98. The number of nitrogens with zero attached hydrogens (tertiary/aromatic N) is 1. The smallest absolute Gasteiger partial charge is 0.349 e. The van der Waals surface area contributed by atoms with E-state index >= 15 is 0 Å². The molecule has 7 heteroatoms. The number of phenolic OH excluding ortho intramolecular Hbond substituents is 2. The van der Waals surface area contributed by atoms with Gasteiger partial charge in [-0.3, -0.25) is 4.79 Å². The maximum atomic E-state index is 12.0. The van der Waals surface area contributed by atoms with Gasteiger partial charge in [0.2, 0.25) is 0 Å². The topological polar surface area (TPSA) is 112 Å². The zero-order valence-electron chi connectivity index (χ0n) is 12.3. The SMILES string of the molecule is O=C(N/N=C/c1ccc(O)c(O)c1)c1cc2ccccc2oc1=O. The van der Waals surface area contributed by atoms with Gasteiger partial charge in [0, 0.05) is 5.39 Å². The van der Waals surface area contributed by atoms with Crippen LogP contribution in [0.25, 0.3) is 11.0 Å². The molecule has 0 radical (unpaired) electrons. The zero-order valence-corrected chi connectivity index (χ0v) is 12.3. The Balaban J connectivity index is 1.79. The maximum Gasteiger partial charge on any atom is 0.349 e. The molecule has 0 saturated carbocycles. The number of amides is 1. The van der Waals surface area contributed by atoms with Gasteiger partial charge in [-0.05, 0) is 35.9 Å². The molecule has 1 amide bonds. The van der Waals surface area contributed by atoms with Gasteiger partial charge in [-0.2, -0.15) is 5.10 Å². The second-order valence-electron chi connectivity index (χ2n) is 4.93. The molecule has 0 saturated heterocycles. The third kappa shape index (κ3) is 3.09. The zero-order chi connectivity index (χ0) is 17.1. The summed E-state index contributed by atoms with van der Waals surface area (Å²) in [6, 6.07) is 12.3. The Labute approximate surface area is 135 Å². The molecule has 3 rings (SSSR count). The summed E-state index contributed by atoms with van der Waals surface area (Å²) >= 11 is 0. The number of rotatable bonds is 3. The van der Waals surface area contributed by atoms with Crippen molar-refractivity contribution in [2.24, 2.45) is 5.10 Å². The van der Waals surface area contributed by atoms with E-state index in [0.29, 0.717) is 16.5 Å². The van der Waals surface area contributed by atoms with Crippen molar-refractivity contribution in [1.82, 2.24) is 5.43 Å². The highest BCUT2D eigenvalue weighted by Crippen LogP contribution is 2.23. The molecule has 0 bridgehead atoms. The van der Waals surface area contributed by atoms with Crippen LogP contribution in [0.3, 0.4) is 0 Å². The Morgan fingerprint density at radius 1 is 1.08 bits per heavy atom. The number of para-hydroxylation sites is 1. The monoisotopic (exact) mass is 324 g/mol. The Morgan fingerprint density at radius 2 is 1.88 bits per heavy atom. The van der Waals surface area contributed by atoms with Crippen LogP contribution in [-0.4, -0.2) is 22.3 Å². The van der Waals surface area contributed by atoms with Crippen LogP contribution in [0, 0.1) is 0 Å². The fourth-order valence-electron chi connectivity index (χ4n) is 2.07. The molecule has 3 N–H and O–H groups in total. The first-order valence-electron chi connectivity index (χ1n) is 6.93. The summed E-state index contributed by atoms with van der Waals surface area (Å²) in [6.45, 7) is 0. The van der Waals surface area contributed by atoms with Crippen molar-refractivity contribution < 1.29 is 19.4 Å². The lowest BCUT2D eigenvalue weighted by atomic mass is 10.2. The second kappa shape index (κ2) is 6.25. The average Bonchev–Trinajstić information content (AvgIpc) is 2.57. The molecule has 120 valence electrons. The third-order valence-corrected chi connectivity index (χ3v) is 3.27. The van der Waals surface area contributed by atoms with E-state index in [2.05, 4.69) is 10.5 Å². The number of hydrogen-bond acceptors (Lipinski definition) is 6. The largest absolute Gasteiger partial charge is 0.504 e. The fraction of sp³-hybridized carbons (Fsp3) is 0. The van der Waals surface area contributed by atoms with Crippen LogP contribution in [0.5, 0.6) is 11.5 Å². The van der Waals surface area contributed by atoms with E-state index in [4.69, 9.17) is 4.42 Å². The van der Waals surface area contributed by atoms with Gasteiger partial charge in [0.05, 0.1) is 6.21 Å². The van der Waals surface area contributed by atoms with Crippen LogP contribution >= 0.6 is 0 Å². The first-order chi connectivity index (χ1) is 11.5. The molecule has 0 aliphatic carbocycles. The highest BCUT2D eigenvalue weighted by atomic mass is 16.4. The summed E-state index contributed by atoms with van der Waals surface area (Å²) in [5, 5.41) is 22.9. The van der Waals surface area contributed by atoms with Crippen LogP contribution in [0.1, 0.15) is 15.9 Å². The van der Waals surface area contributed by atoms with Crippen molar-refractivity contribution in [3.8, 4) is 11.5 Å². The summed E-state index contributed by atoms with van der Waals surface area (Å²) in [4.78, 5) is 23.9. The van der Waals surface area contributed by atoms with Crippen LogP contribution in [0.15, 0.2) is 62.8 Å². The van der Waals surface area contributed by atoms with Gasteiger partial charge in [-0.1, -0.05) is 18.2 Å². The molecule has 0 aliphatic rings. The molecule has 1 heterocycles. The number of aromatic hydroxyl groups is 2. The number of benzene rings is 2. The minimum atomic E-state index is -0.760. The highest BCUT2D eigenvalue weighted by molar-refractivity contribution is 5.97. The molecule has 0 aliphatic heterocycles. The molecular weight excluding hydrogens is 312 g/mol. The predicted octanol–water partition coefficient (Wildman–Crippen LogP) is 1.97. The second-order valence-corrected chi connectivity index (χ2v) is 4.93. The summed E-state index contributed by atoms with van der Waals surface area (Å²) in [5.74, 6) is -1.28. The van der Waals surface area contributed by atoms with Gasteiger partial charge in [-0.15, -0.1) is 0 Å². The molecule has 0 atom stereocenters. The predicted molar refractivity (Wildman–Crippen MR) is 87.3 cm³/mol. The van der Waals surface area contributed by atoms with Gasteiger partial charge >= 0.3 is 5.63 Å². The van der Waals surface area contributed by atoms with E-state index in [1.165, 1.54) is 30.5 Å². The summed E-state index contributed by atoms with van der Waals surface area (Å²) < 4.78 is 5.08. The normalized spacial score (nSPS) is 11.0. The number of carbonyl (C=O) groups excluding carboxylic acids is 1. The van der Waals surface area contributed by atoms with E-state index in [9.17, 15) is 19.8 Å². The van der Waals surface area contributed by atoms with Gasteiger partial charge in [-0.25, -0.2) is 10.2 Å². The van der Waals surface area contributed by atoms with Crippen molar-refractivity contribution in [2.75, 3.05) is 0 Å². The minimum absolute atomic E-state index is 0.167. The Morgan fingerprint density at radius 3 is 2.67 bits per heavy atom. The summed E-state index contributed by atoms with van der Waals surface area (Å²) in [7, 11) is 0. The highest BCUT2D eigenvalue weighted by Gasteiger charge is 2.12. The van der Waals surface area contributed by atoms with Crippen molar-refractivity contribution in [2.45, 2.75) is 0 Å². The number of carbonyl (C=O) groups is 1. The van der Waals surface area contributed by atoms with Crippen LogP contribution < -0.4 is 11.1 Å². The summed E-state index contributed by atoms with van der Waals surface area (Å²) in [6.07, 6.45) is 1.26. The van der Waals surface area contributed by atoms with Crippen LogP contribution in [-0.2, 0) is 0 Å². The van der Waals surface area contributed by atoms with E-state index in [1.54, 1.807) is 24.3 Å². The molecule has 7 nitrogen and oxygen atoms in total. The van der Waals surface area contributed by atoms with Crippen LogP contribution in [0.2, 0.25) is 0 Å². The molecular formula is C17H12N2O5. The van der Waals surface area contributed by atoms with E-state index < -0.39 is 11.5 Å².